The molecule has 0 fully saturated rings. The van der Waals surface area contributed by atoms with Crippen molar-refractivity contribution in [1.29, 1.82) is 0 Å². The van der Waals surface area contributed by atoms with E-state index in [1.54, 1.807) is 25.4 Å². The smallest absolute Gasteiger partial charge is 0.134 e. The van der Waals surface area contributed by atoms with Gasteiger partial charge < -0.3 is 9.84 Å². The van der Waals surface area contributed by atoms with Crippen LogP contribution in [0.1, 0.15) is 22.7 Å². The number of hydrogen-bond acceptors (Lipinski definition) is 3. The summed E-state index contributed by atoms with van der Waals surface area (Å²) in [5.74, 6) is 0.808. The molecule has 4 heteroatoms. The normalized spacial score (nSPS) is 11.9. The standard InChI is InChI=1S/C19H16ClNO2/c1-23-15-8-5-13(6-9-15)19(17-4-2-3-11-21-17)14-7-10-18(22)16(20)12-14/h2-12,19,22H,1H3. The van der Waals surface area contributed by atoms with Crippen LogP contribution in [0.5, 0.6) is 11.5 Å². The van der Waals surface area contributed by atoms with Crippen LogP contribution in [0.15, 0.2) is 66.9 Å². The summed E-state index contributed by atoms with van der Waals surface area (Å²) in [6.45, 7) is 0. The minimum absolute atomic E-state index is 0.0693. The lowest BCUT2D eigenvalue weighted by molar-refractivity contribution is 0.414. The summed E-state index contributed by atoms with van der Waals surface area (Å²) >= 11 is 6.09. The molecule has 3 rings (SSSR count). The molecule has 0 aliphatic heterocycles. The first-order chi connectivity index (χ1) is 11.2. The van der Waals surface area contributed by atoms with Crippen LogP contribution in [0, 0.1) is 0 Å². The fourth-order valence-electron chi connectivity index (χ4n) is 2.58. The zero-order valence-corrected chi connectivity index (χ0v) is 13.4. The van der Waals surface area contributed by atoms with E-state index in [0.29, 0.717) is 5.02 Å². The van der Waals surface area contributed by atoms with E-state index in [2.05, 4.69) is 4.98 Å². The summed E-state index contributed by atoms with van der Waals surface area (Å²) in [6.07, 6.45) is 1.77. The Morgan fingerprint density at radius 3 is 2.35 bits per heavy atom. The zero-order chi connectivity index (χ0) is 16.2. The number of aromatic hydroxyl groups is 1. The number of phenolic OH excluding ortho intramolecular Hbond substituents is 1. The van der Waals surface area contributed by atoms with Crippen LogP contribution in [0.3, 0.4) is 0 Å². The number of aromatic nitrogens is 1. The Balaban J connectivity index is 2.11. The molecule has 1 unspecified atom stereocenters. The number of pyridine rings is 1. The molecule has 0 aliphatic rings. The average Bonchev–Trinajstić information content (AvgIpc) is 2.60. The highest BCUT2D eigenvalue weighted by Crippen LogP contribution is 2.35. The topological polar surface area (TPSA) is 42.4 Å². The second-order valence-electron chi connectivity index (χ2n) is 5.17. The molecule has 0 aliphatic carbocycles. The number of methoxy groups -OCH3 is 1. The molecule has 0 bridgehead atoms. The van der Waals surface area contributed by atoms with E-state index < -0.39 is 0 Å². The molecule has 1 N–H and O–H groups in total. The van der Waals surface area contributed by atoms with Crippen molar-refractivity contribution < 1.29 is 9.84 Å². The summed E-state index contributed by atoms with van der Waals surface area (Å²) < 4.78 is 5.23. The van der Waals surface area contributed by atoms with Gasteiger partial charge >= 0.3 is 0 Å². The Labute approximate surface area is 140 Å². The molecule has 0 saturated heterocycles. The second kappa shape index (κ2) is 6.71. The summed E-state index contributed by atoms with van der Waals surface area (Å²) in [6, 6.07) is 19.0. The van der Waals surface area contributed by atoms with Crippen LogP contribution in [0.4, 0.5) is 0 Å². The summed E-state index contributed by atoms with van der Waals surface area (Å²) in [4.78, 5) is 4.49. The second-order valence-corrected chi connectivity index (χ2v) is 5.58. The lowest BCUT2D eigenvalue weighted by Crippen LogP contribution is -2.05. The number of phenols is 1. The Bertz CT molecular complexity index is 788. The first-order valence-electron chi connectivity index (χ1n) is 7.22. The Hall–Kier alpha value is -2.52. The third kappa shape index (κ3) is 3.30. The van der Waals surface area contributed by atoms with Crippen LogP contribution in [-0.4, -0.2) is 17.2 Å². The molecule has 3 aromatic rings. The van der Waals surface area contributed by atoms with E-state index in [9.17, 15) is 5.11 Å². The summed E-state index contributed by atoms with van der Waals surface area (Å²) in [5.41, 5.74) is 2.96. The highest BCUT2D eigenvalue weighted by atomic mass is 35.5. The summed E-state index contributed by atoms with van der Waals surface area (Å²) in [7, 11) is 1.64. The van der Waals surface area contributed by atoms with E-state index in [4.69, 9.17) is 16.3 Å². The van der Waals surface area contributed by atoms with Crippen molar-refractivity contribution in [3.05, 3.63) is 88.7 Å². The van der Waals surface area contributed by atoms with Gasteiger partial charge in [0.25, 0.3) is 0 Å². The number of ether oxygens (including phenoxy) is 1. The van der Waals surface area contributed by atoms with Crippen LogP contribution < -0.4 is 4.74 Å². The van der Waals surface area contributed by atoms with Gasteiger partial charge in [-0.05, 0) is 47.5 Å². The Morgan fingerprint density at radius 2 is 1.74 bits per heavy atom. The van der Waals surface area contributed by atoms with Gasteiger partial charge in [-0.1, -0.05) is 35.9 Å². The monoisotopic (exact) mass is 325 g/mol. The third-order valence-electron chi connectivity index (χ3n) is 3.74. The van der Waals surface area contributed by atoms with E-state index >= 15 is 0 Å². The van der Waals surface area contributed by atoms with Crippen molar-refractivity contribution in [3.63, 3.8) is 0 Å². The molecule has 1 atom stereocenters. The van der Waals surface area contributed by atoms with Gasteiger partial charge in [0.05, 0.1) is 23.7 Å². The highest BCUT2D eigenvalue weighted by molar-refractivity contribution is 6.32. The fraction of sp³-hybridized carbons (Fsp3) is 0.105. The zero-order valence-electron chi connectivity index (χ0n) is 12.6. The third-order valence-corrected chi connectivity index (χ3v) is 4.04. The molecule has 3 nitrogen and oxygen atoms in total. The van der Waals surface area contributed by atoms with Gasteiger partial charge in [-0.2, -0.15) is 0 Å². The minimum atomic E-state index is -0.0693. The lowest BCUT2D eigenvalue weighted by atomic mass is 9.88. The van der Waals surface area contributed by atoms with Crippen molar-refractivity contribution in [2.24, 2.45) is 0 Å². The highest BCUT2D eigenvalue weighted by Gasteiger charge is 2.19. The van der Waals surface area contributed by atoms with Gasteiger partial charge in [0.15, 0.2) is 0 Å². The van der Waals surface area contributed by atoms with Crippen molar-refractivity contribution in [3.8, 4) is 11.5 Å². The molecule has 116 valence electrons. The lowest BCUT2D eigenvalue weighted by Gasteiger charge is -2.18. The molecule has 1 aromatic heterocycles. The van der Waals surface area contributed by atoms with Gasteiger partial charge in [-0.3, -0.25) is 4.98 Å². The van der Waals surface area contributed by atoms with Gasteiger partial charge in [0.2, 0.25) is 0 Å². The Kier molecular flexibility index (Phi) is 4.49. The summed E-state index contributed by atoms with van der Waals surface area (Å²) in [5, 5.41) is 10.0. The van der Waals surface area contributed by atoms with Crippen molar-refractivity contribution in [1.82, 2.24) is 4.98 Å². The fourth-order valence-corrected chi connectivity index (χ4v) is 2.77. The molecule has 0 saturated carbocycles. The molecular formula is C19H16ClNO2. The molecule has 1 heterocycles. The number of rotatable bonds is 4. The predicted octanol–water partition coefficient (Wildman–Crippen LogP) is 4.63. The van der Waals surface area contributed by atoms with E-state index in [1.807, 2.05) is 48.5 Å². The SMILES string of the molecule is COc1ccc(C(c2ccc(O)c(Cl)c2)c2ccccn2)cc1. The van der Waals surface area contributed by atoms with Crippen LogP contribution in [-0.2, 0) is 0 Å². The van der Waals surface area contributed by atoms with Crippen LogP contribution in [0.25, 0.3) is 0 Å². The minimum Gasteiger partial charge on any atom is -0.506 e. The predicted molar refractivity (Wildman–Crippen MR) is 91.3 cm³/mol. The van der Waals surface area contributed by atoms with Gasteiger partial charge in [0, 0.05) is 6.20 Å². The first kappa shape index (κ1) is 15.4. The number of benzene rings is 2. The molecule has 2 aromatic carbocycles. The van der Waals surface area contributed by atoms with E-state index in [-0.39, 0.29) is 11.7 Å². The van der Waals surface area contributed by atoms with Crippen molar-refractivity contribution >= 4 is 11.6 Å². The molecule has 0 spiro atoms. The molecule has 23 heavy (non-hydrogen) atoms. The van der Waals surface area contributed by atoms with E-state index in [1.165, 1.54) is 0 Å². The average molecular weight is 326 g/mol. The van der Waals surface area contributed by atoms with Gasteiger partial charge in [-0.25, -0.2) is 0 Å². The number of hydrogen-bond donors (Lipinski definition) is 1. The number of nitrogens with zero attached hydrogens (tertiary/aromatic N) is 1. The maximum Gasteiger partial charge on any atom is 0.134 e. The molecule has 0 amide bonds. The van der Waals surface area contributed by atoms with Gasteiger partial charge in [0.1, 0.15) is 11.5 Å². The molecule has 0 radical (unpaired) electrons. The van der Waals surface area contributed by atoms with E-state index in [0.717, 1.165) is 22.6 Å². The maximum atomic E-state index is 9.67. The Morgan fingerprint density at radius 1 is 1.00 bits per heavy atom. The number of halogens is 1. The van der Waals surface area contributed by atoms with Crippen molar-refractivity contribution in [2.45, 2.75) is 5.92 Å². The quantitative estimate of drug-likeness (QED) is 0.760. The first-order valence-corrected chi connectivity index (χ1v) is 7.60. The largest absolute Gasteiger partial charge is 0.506 e. The van der Waals surface area contributed by atoms with Crippen molar-refractivity contribution in [2.75, 3.05) is 7.11 Å². The molecular weight excluding hydrogens is 310 g/mol. The maximum absolute atomic E-state index is 9.67. The van der Waals surface area contributed by atoms with Crippen LogP contribution >= 0.6 is 11.6 Å². The van der Waals surface area contributed by atoms with Crippen LogP contribution in [0.2, 0.25) is 5.02 Å². The van der Waals surface area contributed by atoms with Gasteiger partial charge in [-0.15, -0.1) is 0 Å².